The summed E-state index contributed by atoms with van der Waals surface area (Å²) in [4.78, 5) is 14.2. The van der Waals surface area contributed by atoms with Crippen LogP contribution in [0.5, 0.6) is 5.75 Å². The molecule has 2 saturated carbocycles. The summed E-state index contributed by atoms with van der Waals surface area (Å²) in [5.74, 6) is -0.0374. The number of carboxylic acids is 1. The molecule has 4 N–H and O–H groups in total. The predicted molar refractivity (Wildman–Crippen MR) is 172 cm³/mol. The summed E-state index contributed by atoms with van der Waals surface area (Å²) in [6.45, 7) is 3.83. The number of fused-ring (bicyclic) bond motifs is 3. The van der Waals surface area contributed by atoms with Crippen LogP contribution < -0.4 is 14.8 Å². The Morgan fingerprint density at radius 3 is 2.73 bits per heavy atom. The summed E-state index contributed by atoms with van der Waals surface area (Å²) in [7, 11) is -3.62. The van der Waals surface area contributed by atoms with Crippen LogP contribution in [0.1, 0.15) is 79.8 Å². The van der Waals surface area contributed by atoms with Gasteiger partial charge in [-0.15, -0.1) is 0 Å². The smallest absolute Gasteiger partial charge is 0.335 e. The van der Waals surface area contributed by atoms with E-state index in [9.17, 15) is 23.4 Å². The molecule has 3 aliphatic carbocycles. The Labute approximate surface area is 265 Å². The molecule has 0 saturated heterocycles. The van der Waals surface area contributed by atoms with E-state index in [0.29, 0.717) is 38.3 Å². The maximum absolute atomic E-state index is 12.2. The van der Waals surface area contributed by atoms with Crippen molar-refractivity contribution in [1.29, 1.82) is 0 Å². The molecule has 1 heterocycles. The number of allylic oxidation sites excluding steroid dienone is 1. The first-order valence-electron chi connectivity index (χ1n) is 15.8. The molecule has 1 spiro atoms. The number of halogens is 1. The van der Waals surface area contributed by atoms with Gasteiger partial charge in [-0.2, -0.15) is 0 Å². The van der Waals surface area contributed by atoms with Crippen LogP contribution in [0.4, 0.5) is 5.69 Å². The molecule has 6 rings (SSSR count). The zero-order valence-electron chi connectivity index (χ0n) is 25.3. The Balaban J connectivity index is 1.23. The standard InChI is InChI=1S/C34H43ClN2O6S/c1-33(15-4-7-31(33)44(36,41)42)14-3-6-29(38)26-11-8-24(26)19-37-20-34(16-2-5-22-17-25(35)10-12-27(22)34)21-43-30-13-9-23(32(39)40)18-28(30)37/h3,6,9-10,12-13,17-18,24,26,29,31,38H,2,4-5,7-8,11,14-16,19-21H2,1H3,(H,39,40)(H2,36,41,42)/b6-3+/t24-,26+,29?,31+,33+,34-/m0/s1. The van der Waals surface area contributed by atoms with Crippen LogP contribution in [-0.2, 0) is 21.9 Å². The third kappa shape index (κ3) is 6.00. The van der Waals surface area contributed by atoms with Gasteiger partial charge in [0, 0.05) is 23.5 Å². The lowest BCUT2D eigenvalue weighted by Crippen LogP contribution is -2.49. The largest absolute Gasteiger partial charge is 0.490 e. The maximum atomic E-state index is 12.2. The molecular weight excluding hydrogens is 600 g/mol. The zero-order valence-corrected chi connectivity index (χ0v) is 26.8. The molecule has 44 heavy (non-hydrogen) atoms. The Hall–Kier alpha value is -2.59. The summed E-state index contributed by atoms with van der Waals surface area (Å²) in [6, 6.07) is 11.2. The topological polar surface area (TPSA) is 130 Å². The number of aryl methyl sites for hydroxylation is 1. The van der Waals surface area contributed by atoms with Gasteiger partial charge >= 0.3 is 5.97 Å². The molecule has 8 nitrogen and oxygen atoms in total. The molecule has 0 bridgehead atoms. The molecule has 4 aliphatic rings. The number of nitrogens with zero attached hydrogens (tertiary/aromatic N) is 1. The number of carboxylic acid groups (broad SMARTS) is 1. The van der Waals surface area contributed by atoms with Crippen molar-refractivity contribution in [2.24, 2.45) is 22.4 Å². The first-order chi connectivity index (χ1) is 20.9. The van der Waals surface area contributed by atoms with Crippen LogP contribution in [0.2, 0.25) is 5.02 Å². The molecule has 0 radical (unpaired) electrons. The van der Waals surface area contributed by atoms with Crippen molar-refractivity contribution in [3.8, 4) is 5.75 Å². The van der Waals surface area contributed by atoms with Crippen LogP contribution in [0.15, 0.2) is 48.6 Å². The van der Waals surface area contributed by atoms with Gasteiger partial charge in [-0.3, -0.25) is 0 Å². The quantitative estimate of drug-likeness (QED) is 0.315. The number of aliphatic hydroxyl groups is 1. The second-order valence-corrected chi connectivity index (χ2v) is 16.0. The molecule has 0 amide bonds. The highest BCUT2D eigenvalue weighted by molar-refractivity contribution is 7.89. The van der Waals surface area contributed by atoms with E-state index in [-0.39, 0.29) is 22.8 Å². The Morgan fingerprint density at radius 1 is 1.18 bits per heavy atom. The molecule has 238 valence electrons. The van der Waals surface area contributed by atoms with Crippen LogP contribution >= 0.6 is 11.6 Å². The molecule has 6 atom stereocenters. The number of sulfonamides is 1. The number of ether oxygens (including phenoxy) is 1. The Morgan fingerprint density at radius 2 is 2.00 bits per heavy atom. The molecule has 2 fully saturated rings. The van der Waals surface area contributed by atoms with Gasteiger partial charge in [-0.05, 0) is 110 Å². The van der Waals surface area contributed by atoms with Gasteiger partial charge in [0.1, 0.15) is 5.75 Å². The van der Waals surface area contributed by atoms with E-state index in [4.69, 9.17) is 21.5 Å². The number of hydrogen-bond donors (Lipinski definition) is 3. The fraction of sp³-hybridized carbons (Fsp3) is 0.559. The predicted octanol–water partition coefficient (Wildman–Crippen LogP) is 5.69. The van der Waals surface area contributed by atoms with E-state index in [1.807, 2.05) is 25.1 Å². The van der Waals surface area contributed by atoms with Crippen molar-refractivity contribution in [1.82, 2.24) is 0 Å². The molecule has 1 aliphatic heterocycles. The highest BCUT2D eigenvalue weighted by Crippen LogP contribution is 2.47. The van der Waals surface area contributed by atoms with Gasteiger partial charge in [0.25, 0.3) is 0 Å². The van der Waals surface area contributed by atoms with E-state index in [2.05, 4.69) is 17.0 Å². The summed E-state index contributed by atoms with van der Waals surface area (Å²) in [6.07, 6.45) is 10.7. The number of primary sulfonamides is 1. The second-order valence-electron chi connectivity index (χ2n) is 13.8. The van der Waals surface area contributed by atoms with Crippen molar-refractivity contribution in [2.75, 3.05) is 24.6 Å². The lowest BCUT2D eigenvalue weighted by atomic mass is 9.68. The number of aromatic carboxylic acids is 1. The van der Waals surface area contributed by atoms with E-state index in [1.54, 1.807) is 18.2 Å². The fourth-order valence-corrected chi connectivity index (χ4v) is 10.1. The molecule has 2 aromatic rings. The van der Waals surface area contributed by atoms with Gasteiger partial charge in [0.15, 0.2) is 0 Å². The summed E-state index contributed by atoms with van der Waals surface area (Å²) < 4.78 is 30.8. The van der Waals surface area contributed by atoms with E-state index in [1.165, 1.54) is 11.1 Å². The van der Waals surface area contributed by atoms with E-state index < -0.39 is 32.8 Å². The molecular formula is C34H43ClN2O6S. The Bertz CT molecular complexity index is 1560. The van der Waals surface area contributed by atoms with Crippen molar-refractivity contribution in [2.45, 2.75) is 81.5 Å². The maximum Gasteiger partial charge on any atom is 0.335 e. The van der Waals surface area contributed by atoms with Crippen molar-refractivity contribution >= 4 is 33.3 Å². The van der Waals surface area contributed by atoms with Gasteiger partial charge in [-0.25, -0.2) is 18.4 Å². The van der Waals surface area contributed by atoms with Gasteiger partial charge in [-0.1, -0.05) is 43.2 Å². The monoisotopic (exact) mass is 642 g/mol. The number of hydrogen-bond acceptors (Lipinski definition) is 6. The highest BCUT2D eigenvalue weighted by atomic mass is 35.5. The molecule has 2 aromatic carbocycles. The van der Waals surface area contributed by atoms with E-state index >= 15 is 0 Å². The van der Waals surface area contributed by atoms with Crippen LogP contribution in [0, 0.1) is 17.3 Å². The molecule has 0 aromatic heterocycles. The lowest BCUT2D eigenvalue weighted by Gasteiger charge is -2.45. The van der Waals surface area contributed by atoms with Crippen LogP contribution in [0.3, 0.4) is 0 Å². The summed E-state index contributed by atoms with van der Waals surface area (Å²) >= 11 is 6.37. The summed E-state index contributed by atoms with van der Waals surface area (Å²) in [5.41, 5.74) is 2.80. The number of carbonyl (C=O) groups is 1. The molecule has 1 unspecified atom stereocenters. The lowest BCUT2D eigenvalue weighted by molar-refractivity contribution is 0.0455. The SMILES string of the molecule is C[C@@]1(C/C=C/C(O)[C@@H]2CC[C@H]2CN2C[C@@]3(CCCc4cc(Cl)ccc43)COc3ccc(C(=O)O)cc32)CCC[C@H]1S(N)(=O)=O. The first-order valence-corrected chi connectivity index (χ1v) is 17.8. The van der Waals surface area contributed by atoms with E-state index in [0.717, 1.165) is 55.7 Å². The minimum atomic E-state index is -3.62. The van der Waals surface area contributed by atoms with Crippen LogP contribution in [-0.4, -0.2) is 55.7 Å². The van der Waals surface area contributed by atoms with Crippen LogP contribution in [0.25, 0.3) is 0 Å². The molecule has 10 heteroatoms. The number of anilines is 1. The Kier molecular flexibility index (Phi) is 8.54. The number of rotatable bonds is 8. The third-order valence-corrected chi connectivity index (χ3v) is 12.8. The highest BCUT2D eigenvalue weighted by Gasteiger charge is 2.46. The van der Waals surface area contributed by atoms with Gasteiger partial charge < -0.3 is 19.8 Å². The third-order valence-electron chi connectivity index (χ3n) is 11.0. The summed E-state index contributed by atoms with van der Waals surface area (Å²) in [5, 5.41) is 26.7. The minimum absolute atomic E-state index is 0.0559. The zero-order chi connectivity index (χ0) is 31.3. The number of aliphatic hydroxyl groups excluding tert-OH is 1. The van der Waals surface area contributed by atoms with Gasteiger partial charge in [0.05, 0.1) is 29.2 Å². The fourth-order valence-electron chi connectivity index (χ4n) is 8.42. The van der Waals surface area contributed by atoms with Crippen molar-refractivity contribution < 1.29 is 28.2 Å². The van der Waals surface area contributed by atoms with Gasteiger partial charge in [0.2, 0.25) is 10.0 Å². The average Bonchev–Trinajstić information content (AvgIpc) is 3.28. The normalized spacial score (nSPS) is 30.7. The first kappa shape index (κ1) is 31.4. The average molecular weight is 643 g/mol. The van der Waals surface area contributed by atoms with Crippen molar-refractivity contribution in [3.63, 3.8) is 0 Å². The number of benzene rings is 2. The van der Waals surface area contributed by atoms with Crippen molar-refractivity contribution in [3.05, 3.63) is 70.3 Å². The minimum Gasteiger partial charge on any atom is -0.490 e. The number of nitrogens with two attached hydrogens (primary N) is 1. The second kappa shape index (κ2) is 12.0.